The highest BCUT2D eigenvalue weighted by molar-refractivity contribution is 6.09. The molecule has 4 aromatic rings. The van der Waals surface area contributed by atoms with Crippen molar-refractivity contribution >= 4 is 39.3 Å². The molecule has 0 unspecified atom stereocenters. The first kappa shape index (κ1) is 22.4. The number of amides is 1. The quantitative estimate of drug-likeness (QED) is 0.338. The summed E-state index contributed by atoms with van der Waals surface area (Å²) >= 11 is 0. The molecule has 1 aromatic heterocycles. The summed E-state index contributed by atoms with van der Waals surface area (Å²) in [4.78, 5) is 16.6. The Labute approximate surface area is 193 Å². The van der Waals surface area contributed by atoms with E-state index in [1.807, 2.05) is 51.1 Å². The third-order valence-corrected chi connectivity index (χ3v) is 5.45. The number of nitrogens with one attached hydrogen (secondary N) is 2. The highest BCUT2D eigenvalue weighted by atomic mass is 16.5. The Hall–Kier alpha value is -3.80. The van der Waals surface area contributed by atoms with E-state index in [9.17, 15) is 4.79 Å². The number of fused-ring (bicyclic) bond motifs is 2. The number of ether oxygens (including phenoxy) is 2. The molecule has 0 radical (unpaired) electrons. The van der Waals surface area contributed by atoms with E-state index in [2.05, 4.69) is 41.8 Å². The number of anilines is 2. The van der Waals surface area contributed by atoms with Crippen LogP contribution in [-0.2, 0) is 11.3 Å². The van der Waals surface area contributed by atoms with Crippen molar-refractivity contribution in [3.63, 3.8) is 0 Å². The van der Waals surface area contributed by atoms with Crippen molar-refractivity contribution in [3.8, 4) is 5.75 Å². The number of hydrogen-bond acceptors (Lipinski definition) is 5. The molecule has 1 amide bonds. The zero-order valence-corrected chi connectivity index (χ0v) is 19.7. The van der Waals surface area contributed by atoms with Gasteiger partial charge in [0.1, 0.15) is 12.4 Å². The molecule has 0 saturated heterocycles. The average molecular weight is 444 g/mol. The third-order valence-electron chi connectivity index (χ3n) is 5.45. The van der Waals surface area contributed by atoms with Crippen molar-refractivity contribution in [2.24, 2.45) is 0 Å². The Kier molecular flexibility index (Phi) is 6.36. The molecule has 0 atom stereocenters. The highest BCUT2D eigenvalue weighted by Crippen LogP contribution is 2.36. The Balaban J connectivity index is 1.67. The molecule has 0 bridgehead atoms. The Bertz CT molecular complexity index is 1310. The number of carbonyl (C=O) groups excluding carboxylic acids is 1. The number of aryl methyl sites for hydroxylation is 2. The first-order valence-electron chi connectivity index (χ1n) is 11.0. The molecule has 3 aromatic carbocycles. The molecule has 4 rings (SSSR count). The second-order valence-corrected chi connectivity index (χ2v) is 8.54. The fourth-order valence-corrected chi connectivity index (χ4v) is 3.80. The molecule has 0 spiro atoms. The summed E-state index contributed by atoms with van der Waals surface area (Å²) in [5.74, 6) is 0.818. The summed E-state index contributed by atoms with van der Waals surface area (Å²) in [6.07, 6.45) is -0.414. The van der Waals surface area contributed by atoms with E-state index in [1.54, 1.807) is 7.11 Å². The molecule has 0 aliphatic carbocycles. The van der Waals surface area contributed by atoms with Gasteiger partial charge in [-0.05, 0) is 68.7 Å². The van der Waals surface area contributed by atoms with Crippen molar-refractivity contribution in [2.45, 2.75) is 40.3 Å². The second-order valence-electron chi connectivity index (χ2n) is 8.54. The molecule has 0 saturated carbocycles. The smallest absolute Gasteiger partial charge is 0.407 e. The van der Waals surface area contributed by atoms with E-state index in [-0.39, 0.29) is 12.6 Å². The van der Waals surface area contributed by atoms with Gasteiger partial charge >= 0.3 is 6.09 Å². The first-order chi connectivity index (χ1) is 15.8. The van der Waals surface area contributed by atoms with Crippen LogP contribution in [0.5, 0.6) is 5.75 Å². The van der Waals surface area contributed by atoms with Crippen LogP contribution in [0, 0.1) is 13.8 Å². The predicted octanol–water partition coefficient (Wildman–Crippen LogP) is 6.39. The summed E-state index contributed by atoms with van der Waals surface area (Å²) in [5.41, 5.74) is 6.87. The average Bonchev–Trinajstić information content (AvgIpc) is 2.78. The van der Waals surface area contributed by atoms with Crippen LogP contribution in [0.4, 0.5) is 16.2 Å². The van der Waals surface area contributed by atoms with Crippen LogP contribution in [0.3, 0.4) is 0 Å². The number of hydrogen-bond donors (Lipinski definition) is 2. The minimum atomic E-state index is -0.414. The molecule has 2 N–H and O–H groups in total. The molecule has 1 heterocycles. The second kappa shape index (κ2) is 9.36. The van der Waals surface area contributed by atoms with Crippen LogP contribution < -0.4 is 15.4 Å². The number of pyridine rings is 1. The molecule has 0 aliphatic heterocycles. The van der Waals surface area contributed by atoms with Gasteiger partial charge in [0.25, 0.3) is 0 Å². The minimum absolute atomic E-state index is 0.0430. The fraction of sp³-hybridized carbons (Fsp3) is 0.259. The summed E-state index contributed by atoms with van der Waals surface area (Å²) in [7, 11) is 1.68. The maximum atomic E-state index is 11.7. The van der Waals surface area contributed by atoms with Crippen molar-refractivity contribution in [3.05, 3.63) is 71.3 Å². The van der Waals surface area contributed by atoms with Gasteiger partial charge in [-0.25, -0.2) is 9.78 Å². The van der Waals surface area contributed by atoms with Gasteiger partial charge in [0.05, 0.1) is 23.8 Å². The normalized spacial score (nSPS) is 11.1. The van der Waals surface area contributed by atoms with Crippen LogP contribution in [-0.4, -0.2) is 24.2 Å². The molecule has 6 nitrogen and oxygen atoms in total. The molecule has 170 valence electrons. The lowest BCUT2D eigenvalue weighted by Gasteiger charge is -2.16. The summed E-state index contributed by atoms with van der Waals surface area (Å²) in [6, 6.07) is 18.3. The lowest BCUT2D eigenvalue weighted by molar-refractivity contribution is 0.137. The first-order valence-corrected chi connectivity index (χ1v) is 11.0. The number of aromatic nitrogens is 1. The van der Waals surface area contributed by atoms with E-state index in [0.717, 1.165) is 55.6 Å². The monoisotopic (exact) mass is 443 g/mol. The van der Waals surface area contributed by atoms with Crippen molar-refractivity contribution in [1.29, 1.82) is 0 Å². The maximum Gasteiger partial charge on any atom is 0.407 e. The number of carbonyl (C=O) groups is 1. The van der Waals surface area contributed by atoms with Crippen LogP contribution in [0.25, 0.3) is 21.8 Å². The van der Waals surface area contributed by atoms with Crippen LogP contribution in [0.1, 0.15) is 30.5 Å². The van der Waals surface area contributed by atoms with Gasteiger partial charge < -0.3 is 20.1 Å². The number of nitrogens with zero attached hydrogens (tertiary/aromatic N) is 1. The molecule has 6 heteroatoms. The van der Waals surface area contributed by atoms with E-state index in [0.29, 0.717) is 0 Å². The zero-order valence-electron chi connectivity index (χ0n) is 19.7. The molecular formula is C27H29N3O3. The van der Waals surface area contributed by atoms with Crippen molar-refractivity contribution in [1.82, 2.24) is 10.3 Å². The summed E-state index contributed by atoms with van der Waals surface area (Å²) in [5, 5.41) is 8.39. The van der Waals surface area contributed by atoms with E-state index in [1.165, 1.54) is 0 Å². The van der Waals surface area contributed by atoms with E-state index < -0.39 is 6.09 Å². The SMILES string of the molecule is COc1cc2nc3cc(C)ccc3c(Nc3ccc(COC(=O)NC(C)C)cc3)c2cc1C. The Morgan fingerprint density at radius 3 is 2.39 bits per heavy atom. The minimum Gasteiger partial charge on any atom is -0.496 e. The van der Waals surface area contributed by atoms with Gasteiger partial charge in [-0.3, -0.25) is 0 Å². The van der Waals surface area contributed by atoms with Crippen molar-refractivity contribution in [2.75, 3.05) is 12.4 Å². The Morgan fingerprint density at radius 1 is 0.970 bits per heavy atom. The summed E-state index contributed by atoms with van der Waals surface area (Å²) in [6.45, 7) is 8.11. The highest BCUT2D eigenvalue weighted by Gasteiger charge is 2.13. The van der Waals surface area contributed by atoms with Gasteiger partial charge in [-0.2, -0.15) is 0 Å². The van der Waals surface area contributed by atoms with E-state index >= 15 is 0 Å². The summed E-state index contributed by atoms with van der Waals surface area (Å²) < 4.78 is 10.8. The number of alkyl carbamates (subject to hydrolysis) is 1. The van der Waals surface area contributed by atoms with E-state index in [4.69, 9.17) is 14.5 Å². The van der Waals surface area contributed by atoms with Crippen molar-refractivity contribution < 1.29 is 14.3 Å². The van der Waals surface area contributed by atoms with Gasteiger partial charge in [-0.15, -0.1) is 0 Å². The largest absolute Gasteiger partial charge is 0.496 e. The van der Waals surface area contributed by atoms with Gasteiger partial charge in [0, 0.05) is 28.6 Å². The maximum absolute atomic E-state index is 11.7. The Morgan fingerprint density at radius 2 is 1.70 bits per heavy atom. The standard InChI is InChI=1S/C27H29N3O3/c1-16(2)28-27(31)33-15-19-7-9-20(10-8-19)29-26-21-11-6-17(3)12-23(21)30-24-14-25(32-5)18(4)13-22(24)26/h6-14,16H,15H2,1-5H3,(H,28,31)(H,29,30). The topological polar surface area (TPSA) is 72.5 Å². The zero-order chi connectivity index (χ0) is 23.5. The molecular weight excluding hydrogens is 414 g/mol. The number of benzene rings is 3. The molecule has 0 aliphatic rings. The third kappa shape index (κ3) is 5.00. The van der Waals surface area contributed by atoms with Gasteiger partial charge in [-0.1, -0.05) is 24.3 Å². The van der Waals surface area contributed by atoms with Crippen LogP contribution in [0.2, 0.25) is 0 Å². The lowest BCUT2D eigenvalue weighted by Crippen LogP contribution is -2.30. The van der Waals surface area contributed by atoms with Gasteiger partial charge in [0.15, 0.2) is 0 Å². The number of methoxy groups -OCH3 is 1. The fourth-order valence-electron chi connectivity index (χ4n) is 3.80. The van der Waals surface area contributed by atoms with Crippen LogP contribution >= 0.6 is 0 Å². The number of rotatable bonds is 6. The lowest BCUT2D eigenvalue weighted by atomic mass is 10.0. The predicted molar refractivity (Wildman–Crippen MR) is 133 cm³/mol. The molecule has 33 heavy (non-hydrogen) atoms. The van der Waals surface area contributed by atoms with Gasteiger partial charge in [0.2, 0.25) is 0 Å². The molecule has 0 fully saturated rings. The van der Waals surface area contributed by atoms with Crippen LogP contribution in [0.15, 0.2) is 54.6 Å².